The summed E-state index contributed by atoms with van der Waals surface area (Å²) in [6, 6.07) is 11.4. The lowest BCUT2D eigenvalue weighted by molar-refractivity contribution is -0.120. The Morgan fingerprint density at radius 1 is 1.15 bits per heavy atom. The second-order valence-corrected chi connectivity index (χ2v) is 6.08. The van der Waals surface area contributed by atoms with Crippen molar-refractivity contribution in [3.8, 4) is 11.5 Å². The average Bonchev–Trinajstić information content (AvgIpc) is 3.03. The fraction of sp³-hybridized carbons (Fsp3) is 0.300. The van der Waals surface area contributed by atoms with Crippen LogP contribution in [0, 0.1) is 6.92 Å². The molecule has 1 aromatic heterocycles. The van der Waals surface area contributed by atoms with E-state index in [9.17, 15) is 4.79 Å². The third kappa shape index (κ3) is 3.96. The molecule has 0 aliphatic carbocycles. The summed E-state index contributed by atoms with van der Waals surface area (Å²) in [6.45, 7) is 2.50. The van der Waals surface area contributed by atoms with Gasteiger partial charge in [0.15, 0.2) is 5.58 Å². The van der Waals surface area contributed by atoms with Crippen molar-refractivity contribution in [2.24, 2.45) is 0 Å². The Kier molecular flexibility index (Phi) is 5.41. The summed E-state index contributed by atoms with van der Waals surface area (Å²) >= 11 is 0. The second-order valence-electron chi connectivity index (χ2n) is 6.08. The molecule has 0 atom stereocenters. The molecule has 0 aliphatic heterocycles. The molecule has 0 fully saturated rings. The SMILES string of the molecule is COc1ccc(OC)c(CCNC(=O)Cc2noc3ccc(C)cc23)c1. The van der Waals surface area contributed by atoms with Crippen LogP contribution in [0.3, 0.4) is 0 Å². The Morgan fingerprint density at radius 2 is 2.00 bits per heavy atom. The summed E-state index contributed by atoms with van der Waals surface area (Å²) in [4.78, 5) is 12.3. The van der Waals surface area contributed by atoms with E-state index in [1.54, 1.807) is 14.2 Å². The molecular weight excluding hydrogens is 332 g/mol. The van der Waals surface area contributed by atoms with E-state index >= 15 is 0 Å². The standard InChI is InChI=1S/C20H22N2O4/c1-13-4-6-19-16(10-13)17(22-26-19)12-20(23)21-9-8-14-11-15(24-2)5-7-18(14)25-3/h4-7,10-11H,8-9,12H2,1-3H3,(H,21,23). The van der Waals surface area contributed by atoms with Crippen LogP contribution in [0.2, 0.25) is 0 Å². The van der Waals surface area contributed by atoms with E-state index in [-0.39, 0.29) is 12.3 Å². The zero-order chi connectivity index (χ0) is 18.5. The van der Waals surface area contributed by atoms with E-state index in [1.165, 1.54) is 0 Å². The molecule has 0 aliphatic rings. The van der Waals surface area contributed by atoms with Gasteiger partial charge in [-0.3, -0.25) is 4.79 Å². The van der Waals surface area contributed by atoms with Crippen molar-refractivity contribution in [3.05, 3.63) is 53.2 Å². The van der Waals surface area contributed by atoms with Gasteiger partial charge in [-0.2, -0.15) is 0 Å². The van der Waals surface area contributed by atoms with Crippen molar-refractivity contribution < 1.29 is 18.8 Å². The quantitative estimate of drug-likeness (QED) is 0.706. The third-order valence-electron chi connectivity index (χ3n) is 4.23. The van der Waals surface area contributed by atoms with Crippen LogP contribution in [0.4, 0.5) is 0 Å². The summed E-state index contributed by atoms with van der Waals surface area (Å²) in [5.74, 6) is 1.44. The van der Waals surface area contributed by atoms with Gasteiger partial charge in [-0.1, -0.05) is 16.8 Å². The maximum Gasteiger partial charge on any atom is 0.226 e. The molecule has 0 spiro atoms. The average molecular weight is 354 g/mol. The first-order chi connectivity index (χ1) is 12.6. The van der Waals surface area contributed by atoms with Gasteiger partial charge in [-0.25, -0.2) is 0 Å². The maximum atomic E-state index is 12.3. The zero-order valence-electron chi connectivity index (χ0n) is 15.2. The van der Waals surface area contributed by atoms with Crippen LogP contribution in [-0.2, 0) is 17.6 Å². The van der Waals surface area contributed by atoms with Gasteiger partial charge in [-0.05, 0) is 49.2 Å². The molecule has 2 aromatic carbocycles. The molecule has 1 heterocycles. The topological polar surface area (TPSA) is 73.6 Å². The van der Waals surface area contributed by atoms with E-state index < -0.39 is 0 Å². The number of aryl methyl sites for hydroxylation is 1. The van der Waals surface area contributed by atoms with Crippen LogP contribution in [0.5, 0.6) is 11.5 Å². The summed E-state index contributed by atoms with van der Waals surface area (Å²) in [7, 11) is 3.25. The predicted molar refractivity (Wildman–Crippen MR) is 98.7 cm³/mol. The number of carbonyl (C=O) groups excluding carboxylic acids is 1. The zero-order valence-corrected chi connectivity index (χ0v) is 15.2. The fourth-order valence-electron chi connectivity index (χ4n) is 2.86. The minimum Gasteiger partial charge on any atom is -0.497 e. The number of benzene rings is 2. The first kappa shape index (κ1) is 17.8. The third-order valence-corrected chi connectivity index (χ3v) is 4.23. The lowest BCUT2D eigenvalue weighted by Gasteiger charge is -2.11. The minimum absolute atomic E-state index is 0.0939. The van der Waals surface area contributed by atoms with Gasteiger partial charge in [0.05, 0.1) is 20.6 Å². The highest BCUT2D eigenvalue weighted by molar-refractivity contribution is 5.86. The van der Waals surface area contributed by atoms with Crippen LogP contribution in [0.25, 0.3) is 11.0 Å². The highest BCUT2D eigenvalue weighted by Crippen LogP contribution is 2.24. The Labute approximate surface area is 152 Å². The summed E-state index contributed by atoms with van der Waals surface area (Å²) < 4.78 is 15.9. The number of nitrogens with one attached hydrogen (secondary N) is 1. The number of nitrogens with zero attached hydrogens (tertiary/aromatic N) is 1. The minimum atomic E-state index is -0.0939. The number of ether oxygens (including phenoxy) is 2. The monoisotopic (exact) mass is 354 g/mol. The van der Waals surface area contributed by atoms with E-state index in [1.807, 2.05) is 43.3 Å². The van der Waals surface area contributed by atoms with Crippen molar-refractivity contribution in [2.75, 3.05) is 20.8 Å². The molecule has 0 radical (unpaired) electrons. The van der Waals surface area contributed by atoms with Crippen LogP contribution < -0.4 is 14.8 Å². The Balaban J connectivity index is 1.60. The first-order valence-electron chi connectivity index (χ1n) is 8.43. The lowest BCUT2D eigenvalue weighted by Crippen LogP contribution is -2.27. The number of hydrogen-bond acceptors (Lipinski definition) is 5. The van der Waals surface area contributed by atoms with Gasteiger partial charge in [0.2, 0.25) is 5.91 Å². The molecule has 0 unspecified atom stereocenters. The van der Waals surface area contributed by atoms with E-state index in [4.69, 9.17) is 14.0 Å². The summed E-state index contributed by atoms with van der Waals surface area (Å²) in [6.07, 6.45) is 0.830. The molecule has 3 aromatic rings. The van der Waals surface area contributed by atoms with Crippen LogP contribution in [0.15, 0.2) is 40.9 Å². The molecule has 1 N–H and O–H groups in total. The Hall–Kier alpha value is -3.02. The number of methoxy groups -OCH3 is 2. The molecule has 0 saturated carbocycles. The molecule has 0 bridgehead atoms. The fourth-order valence-corrected chi connectivity index (χ4v) is 2.86. The molecule has 1 amide bonds. The van der Waals surface area contributed by atoms with Crippen molar-refractivity contribution in [1.29, 1.82) is 0 Å². The molecule has 26 heavy (non-hydrogen) atoms. The molecule has 136 valence electrons. The van der Waals surface area contributed by atoms with Gasteiger partial charge in [-0.15, -0.1) is 0 Å². The lowest BCUT2D eigenvalue weighted by atomic mass is 10.1. The van der Waals surface area contributed by atoms with Crippen molar-refractivity contribution in [3.63, 3.8) is 0 Å². The van der Waals surface area contributed by atoms with Crippen LogP contribution in [0.1, 0.15) is 16.8 Å². The van der Waals surface area contributed by atoms with Gasteiger partial charge in [0.1, 0.15) is 17.2 Å². The second kappa shape index (κ2) is 7.91. The number of carbonyl (C=O) groups is 1. The normalized spacial score (nSPS) is 10.7. The molecule has 6 heteroatoms. The van der Waals surface area contributed by atoms with Crippen LogP contribution in [-0.4, -0.2) is 31.8 Å². The Morgan fingerprint density at radius 3 is 2.77 bits per heavy atom. The number of fused-ring (bicyclic) bond motifs is 1. The smallest absolute Gasteiger partial charge is 0.226 e. The number of amides is 1. The molecule has 3 rings (SSSR count). The van der Waals surface area contributed by atoms with Crippen LogP contribution >= 0.6 is 0 Å². The van der Waals surface area contributed by atoms with E-state index in [2.05, 4.69) is 10.5 Å². The number of rotatable bonds is 7. The first-order valence-corrected chi connectivity index (χ1v) is 8.43. The number of hydrogen-bond donors (Lipinski definition) is 1. The highest BCUT2D eigenvalue weighted by atomic mass is 16.5. The highest BCUT2D eigenvalue weighted by Gasteiger charge is 2.13. The van der Waals surface area contributed by atoms with Crippen molar-refractivity contribution in [2.45, 2.75) is 19.8 Å². The van der Waals surface area contributed by atoms with Crippen molar-refractivity contribution in [1.82, 2.24) is 10.5 Å². The van der Waals surface area contributed by atoms with Gasteiger partial charge < -0.3 is 19.3 Å². The Bertz CT molecular complexity index is 917. The van der Waals surface area contributed by atoms with Gasteiger partial charge in [0, 0.05) is 11.9 Å². The maximum absolute atomic E-state index is 12.3. The molecular formula is C20H22N2O4. The molecule has 6 nitrogen and oxygen atoms in total. The van der Waals surface area contributed by atoms with Gasteiger partial charge >= 0.3 is 0 Å². The van der Waals surface area contributed by atoms with Gasteiger partial charge in [0.25, 0.3) is 0 Å². The van der Waals surface area contributed by atoms with E-state index in [0.717, 1.165) is 28.0 Å². The largest absolute Gasteiger partial charge is 0.497 e. The van der Waals surface area contributed by atoms with E-state index in [0.29, 0.717) is 24.2 Å². The summed E-state index contributed by atoms with van der Waals surface area (Å²) in [5.41, 5.74) is 3.43. The number of aromatic nitrogens is 1. The van der Waals surface area contributed by atoms with Crippen molar-refractivity contribution >= 4 is 16.9 Å². The summed E-state index contributed by atoms with van der Waals surface area (Å²) in [5, 5.41) is 7.82. The predicted octanol–water partition coefficient (Wildman–Crippen LogP) is 3.05. The molecule has 0 saturated heterocycles.